The highest BCUT2D eigenvalue weighted by atomic mass is 32.2. The van der Waals surface area contributed by atoms with Crippen molar-refractivity contribution in [2.75, 3.05) is 0 Å². The Labute approximate surface area is 152 Å². The number of carbonyl (C=O) groups excluding carboxylic acids is 1. The minimum absolute atomic E-state index is 0.108. The van der Waals surface area contributed by atoms with E-state index < -0.39 is 0 Å². The molecule has 25 heavy (non-hydrogen) atoms. The molecule has 0 saturated heterocycles. The molecular formula is C20H21N3OS. The fourth-order valence-corrected chi connectivity index (χ4v) is 3.47. The number of ketones is 1. The van der Waals surface area contributed by atoms with Gasteiger partial charge in [-0.15, -0.1) is 5.10 Å². The number of benzene rings is 2. The van der Waals surface area contributed by atoms with Gasteiger partial charge in [-0.3, -0.25) is 9.89 Å². The average Bonchev–Trinajstić information content (AvgIpc) is 3.07. The van der Waals surface area contributed by atoms with Crippen LogP contribution < -0.4 is 0 Å². The number of thioether (sulfide) groups is 1. The summed E-state index contributed by atoms with van der Waals surface area (Å²) in [5.41, 5.74) is 5.11. The molecule has 1 atom stereocenters. The van der Waals surface area contributed by atoms with Gasteiger partial charge in [-0.1, -0.05) is 48.2 Å². The van der Waals surface area contributed by atoms with Crippen LogP contribution in [0, 0.1) is 20.8 Å². The van der Waals surface area contributed by atoms with Crippen LogP contribution in [0.3, 0.4) is 0 Å². The van der Waals surface area contributed by atoms with Crippen LogP contribution in [-0.4, -0.2) is 26.2 Å². The summed E-state index contributed by atoms with van der Waals surface area (Å²) < 4.78 is 0. The molecule has 0 aliphatic rings. The van der Waals surface area contributed by atoms with Gasteiger partial charge in [0.05, 0.1) is 5.25 Å². The summed E-state index contributed by atoms with van der Waals surface area (Å²) in [6.45, 7) is 7.98. The maximum absolute atomic E-state index is 12.8. The van der Waals surface area contributed by atoms with E-state index in [0.717, 1.165) is 22.3 Å². The monoisotopic (exact) mass is 351 g/mol. The lowest BCUT2D eigenvalue weighted by Gasteiger charge is -2.12. The van der Waals surface area contributed by atoms with Crippen LogP contribution in [0.1, 0.15) is 34.0 Å². The number of aryl methyl sites for hydroxylation is 3. The highest BCUT2D eigenvalue weighted by Crippen LogP contribution is 2.26. The number of H-pyrrole nitrogens is 1. The van der Waals surface area contributed by atoms with Crippen LogP contribution in [0.2, 0.25) is 0 Å². The Bertz CT molecular complexity index is 903. The van der Waals surface area contributed by atoms with Crippen LogP contribution in [0.15, 0.2) is 47.6 Å². The average molecular weight is 351 g/mol. The largest absolute Gasteiger partial charge is 0.293 e. The summed E-state index contributed by atoms with van der Waals surface area (Å²) in [7, 11) is 0. The molecule has 0 saturated carbocycles. The fraction of sp³-hybridized carbons (Fsp3) is 0.250. The van der Waals surface area contributed by atoms with Gasteiger partial charge in [-0.05, 0) is 50.5 Å². The van der Waals surface area contributed by atoms with Gasteiger partial charge in [0.1, 0.15) is 0 Å². The molecule has 128 valence electrons. The number of aromatic nitrogens is 3. The first-order chi connectivity index (χ1) is 12.0. The second kappa shape index (κ2) is 7.23. The van der Waals surface area contributed by atoms with E-state index in [1.807, 2.05) is 57.2 Å². The molecular weight excluding hydrogens is 330 g/mol. The first-order valence-corrected chi connectivity index (χ1v) is 9.10. The van der Waals surface area contributed by atoms with Gasteiger partial charge in [-0.25, -0.2) is 4.98 Å². The Hall–Kier alpha value is -2.40. The zero-order chi connectivity index (χ0) is 18.0. The molecule has 1 aromatic heterocycles. The van der Waals surface area contributed by atoms with Crippen molar-refractivity contribution in [3.8, 4) is 11.4 Å². The van der Waals surface area contributed by atoms with Crippen molar-refractivity contribution in [1.29, 1.82) is 0 Å². The predicted molar refractivity (Wildman–Crippen MR) is 102 cm³/mol. The first-order valence-electron chi connectivity index (χ1n) is 8.22. The highest BCUT2D eigenvalue weighted by Gasteiger charge is 2.21. The lowest BCUT2D eigenvalue weighted by atomic mass is 9.97. The molecule has 1 N–H and O–H groups in total. The van der Waals surface area contributed by atoms with Crippen molar-refractivity contribution in [2.24, 2.45) is 0 Å². The Morgan fingerprint density at radius 3 is 2.44 bits per heavy atom. The smallest absolute Gasteiger partial charge is 0.209 e. The standard InChI is InChI=1S/C20H21N3OS/c1-12-10-14(3)17(11-13(12)2)18(24)15(4)25-20-21-19(22-23-20)16-8-6-5-7-9-16/h5-11,15H,1-4H3,(H,21,22,23)/t15-/m0/s1. The van der Waals surface area contributed by atoms with E-state index in [1.54, 1.807) is 0 Å². The van der Waals surface area contributed by atoms with Crippen molar-refractivity contribution in [1.82, 2.24) is 15.2 Å². The van der Waals surface area contributed by atoms with Crippen LogP contribution in [0.25, 0.3) is 11.4 Å². The quantitative estimate of drug-likeness (QED) is 0.532. The minimum Gasteiger partial charge on any atom is -0.293 e. The zero-order valence-electron chi connectivity index (χ0n) is 14.8. The normalized spacial score (nSPS) is 12.2. The maximum Gasteiger partial charge on any atom is 0.209 e. The van der Waals surface area contributed by atoms with Gasteiger partial charge in [0.2, 0.25) is 5.16 Å². The van der Waals surface area contributed by atoms with E-state index >= 15 is 0 Å². The van der Waals surface area contributed by atoms with E-state index in [0.29, 0.717) is 11.0 Å². The second-order valence-corrected chi connectivity index (χ2v) is 7.52. The SMILES string of the molecule is Cc1cc(C)c(C(=O)[C@H](C)Sc2n[nH]c(-c3ccccc3)n2)cc1C. The molecule has 0 radical (unpaired) electrons. The van der Waals surface area contributed by atoms with Gasteiger partial charge >= 0.3 is 0 Å². The van der Waals surface area contributed by atoms with E-state index in [9.17, 15) is 4.79 Å². The third kappa shape index (κ3) is 3.82. The van der Waals surface area contributed by atoms with Crippen molar-refractivity contribution >= 4 is 17.5 Å². The minimum atomic E-state index is -0.250. The number of hydrogen-bond acceptors (Lipinski definition) is 4. The molecule has 1 heterocycles. The highest BCUT2D eigenvalue weighted by molar-refractivity contribution is 8.00. The van der Waals surface area contributed by atoms with E-state index in [1.165, 1.54) is 17.3 Å². The van der Waals surface area contributed by atoms with Gasteiger partial charge in [0, 0.05) is 11.1 Å². The molecule has 0 fully saturated rings. The number of hydrogen-bond donors (Lipinski definition) is 1. The first kappa shape index (κ1) is 17.4. The fourth-order valence-electron chi connectivity index (χ4n) is 2.68. The molecule has 5 heteroatoms. The Morgan fingerprint density at radius 1 is 1.04 bits per heavy atom. The molecule has 3 aromatic rings. The number of nitrogens with zero attached hydrogens (tertiary/aromatic N) is 2. The molecule has 0 bridgehead atoms. The van der Waals surface area contributed by atoms with Crippen LogP contribution in [0.4, 0.5) is 0 Å². The van der Waals surface area contributed by atoms with Gasteiger partial charge in [0.15, 0.2) is 11.6 Å². The summed E-state index contributed by atoms with van der Waals surface area (Å²) in [6, 6.07) is 13.9. The molecule has 0 aliphatic carbocycles. The summed E-state index contributed by atoms with van der Waals surface area (Å²) in [5, 5.41) is 7.51. The zero-order valence-corrected chi connectivity index (χ0v) is 15.6. The third-order valence-electron chi connectivity index (χ3n) is 4.27. The summed E-state index contributed by atoms with van der Waals surface area (Å²) in [6.07, 6.45) is 0. The Morgan fingerprint density at radius 2 is 1.72 bits per heavy atom. The van der Waals surface area contributed by atoms with Crippen LogP contribution in [-0.2, 0) is 0 Å². The number of carbonyl (C=O) groups is 1. The van der Waals surface area contributed by atoms with Gasteiger partial charge < -0.3 is 0 Å². The van der Waals surface area contributed by atoms with Gasteiger partial charge in [0.25, 0.3) is 0 Å². The number of Topliss-reactive ketones (excluding diaryl/α,β-unsaturated/α-hetero) is 1. The molecule has 0 spiro atoms. The van der Waals surface area contributed by atoms with E-state index in [2.05, 4.69) is 28.2 Å². The molecule has 0 unspecified atom stereocenters. The molecule has 4 nitrogen and oxygen atoms in total. The summed E-state index contributed by atoms with van der Waals surface area (Å²) in [5.74, 6) is 0.821. The maximum atomic E-state index is 12.8. The molecule has 3 rings (SSSR count). The number of aromatic amines is 1. The van der Waals surface area contributed by atoms with Crippen LogP contribution >= 0.6 is 11.8 Å². The van der Waals surface area contributed by atoms with Crippen molar-refractivity contribution in [3.05, 3.63) is 64.7 Å². The van der Waals surface area contributed by atoms with E-state index in [4.69, 9.17) is 0 Å². The Balaban J connectivity index is 1.76. The second-order valence-electron chi connectivity index (χ2n) is 6.21. The van der Waals surface area contributed by atoms with Crippen molar-refractivity contribution < 1.29 is 4.79 Å². The van der Waals surface area contributed by atoms with E-state index in [-0.39, 0.29) is 11.0 Å². The van der Waals surface area contributed by atoms with Crippen LogP contribution in [0.5, 0.6) is 0 Å². The molecule has 0 aliphatic heterocycles. The topological polar surface area (TPSA) is 58.6 Å². The lowest BCUT2D eigenvalue weighted by Crippen LogP contribution is -2.15. The Kier molecular flexibility index (Phi) is 5.04. The third-order valence-corrected chi connectivity index (χ3v) is 5.23. The van der Waals surface area contributed by atoms with Gasteiger partial charge in [-0.2, -0.15) is 0 Å². The molecule has 2 aromatic carbocycles. The predicted octanol–water partition coefficient (Wildman–Crippen LogP) is 4.76. The van der Waals surface area contributed by atoms with Crippen molar-refractivity contribution in [2.45, 2.75) is 38.1 Å². The lowest BCUT2D eigenvalue weighted by molar-refractivity contribution is 0.0993. The number of nitrogens with one attached hydrogen (secondary N) is 1. The number of rotatable bonds is 5. The van der Waals surface area contributed by atoms with Crippen molar-refractivity contribution in [3.63, 3.8) is 0 Å². The molecule has 0 amide bonds. The summed E-state index contributed by atoms with van der Waals surface area (Å²) >= 11 is 1.38. The summed E-state index contributed by atoms with van der Waals surface area (Å²) in [4.78, 5) is 17.3.